The number of halogens is 2. The number of carbonyl (C=O) groups is 1. The van der Waals surface area contributed by atoms with Crippen molar-refractivity contribution in [2.24, 2.45) is 0 Å². The Hall–Kier alpha value is -3.34. The molecule has 0 radical (unpaired) electrons. The molecule has 0 aliphatic carbocycles. The van der Waals surface area contributed by atoms with Crippen LogP contribution in [-0.2, 0) is 4.79 Å². The van der Waals surface area contributed by atoms with Gasteiger partial charge >= 0.3 is 6.61 Å². The van der Waals surface area contributed by atoms with Crippen molar-refractivity contribution in [3.8, 4) is 17.1 Å². The first kappa shape index (κ1) is 21.9. The zero-order chi connectivity index (χ0) is 22.5. The molecule has 1 fully saturated rings. The molecule has 1 amide bonds. The van der Waals surface area contributed by atoms with Crippen LogP contribution in [0.4, 0.5) is 20.2 Å². The molecule has 0 saturated carbocycles. The fourth-order valence-electron chi connectivity index (χ4n) is 3.42. The number of hydrogen-bond donors (Lipinski definition) is 2. The van der Waals surface area contributed by atoms with Crippen LogP contribution in [0.1, 0.15) is 12.8 Å². The molecule has 1 aliphatic heterocycles. The Morgan fingerprint density at radius 1 is 1.09 bits per heavy atom. The number of nitrogens with two attached hydrogens (primary N) is 1. The summed E-state index contributed by atoms with van der Waals surface area (Å²) >= 11 is 1.15. The first-order chi connectivity index (χ1) is 15.5. The van der Waals surface area contributed by atoms with E-state index in [1.165, 1.54) is 29.7 Å². The number of nitrogens with one attached hydrogen (secondary N) is 1. The molecule has 2 heterocycles. The van der Waals surface area contributed by atoms with Gasteiger partial charge in [0, 0.05) is 30.0 Å². The van der Waals surface area contributed by atoms with Gasteiger partial charge in [0.05, 0.1) is 5.75 Å². The molecular formula is C21H22F2N6O2S. The zero-order valence-electron chi connectivity index (χ0n) is 17.1. The number of ether oxygens (including phenoxy) is 1. The molecule has 0 spiro atoms. The Morgan fingerprint density at radius 2 is 1.78 bits per heavy atom. The van der Waals surface area contributed by atoms with Crippen molar-refractivity contribution in [1.29, 1.82) is 0 Å². The van der Waals surface area contributed by atoms with Crippen molar-refractivity contribution in [3.63, 3.8) is 0 Å². The number of thioether (sulfide) groups is 1. The van der Waals surface area contributed by atoms with Gasteiger partial charge in [-0.25, -0.2) is 4.68 Å². The summed E-state index contributed by atoms with van der Waals surface area (Å²) in [6, 6.07) is 13.7. The smallest absolute Gasteiger partial charge is 0.387 e. The third-order valence-corrected chi connectivity index (χ3v) is 5.90. The predicted molar refractivity (Wildman–Crippen MR) is 119 cm³/mol. The van der Waals surface area contributed by atoms with Gasteiger partial charge in [-0.05, 0) is 61.4 Å². The minimum absolute atomic E-state index is 0.0339. The van der Waals surface area contributed by atoms with Crippen LogP contribution >= 0.6 is 11.8 Å². The van der Waals surface area contributed by atoms with Crippen molar-refractivity contribution < 1.29 is 18.3 Å². The standard InChI is InChI=1S/C21H22F2N6O2S/c22-20(23)31-17-9-3-14(4-10-17)19-26-27-21(29(19)24)32-13-18(30)25-15-5-7-16(8-6-15)28-11-1-2-12-28/h3-10,20H,1-2,11-13,24H2,(H,25,30). The molecule has 2 aromatic carbocycles. The van der Waals surface area contributed by atoms with Gasteiger partial charge in [-0.2, -0.15) is 8.78 Å². The fraction of sp³-hybridized carbons (Fsp3) is 0.286. The SMILES string of the molecule is Nn1c(SCC(=O)Nc2ccc(N3CCCC3)cc2)nnc1-c1ccc(OC(F)F)cc1. The maximum atomic E-state index is 12.3. The number of benzene rings is 2. The highest BCUT2D eigenvalue weighted by molar-refractivity contribution is 7.99. The average Bonchev–Trinajstić information content (AvgIpc) is 3.43. The third-order valence-electron chi connectivity index (χ3n) is 4.96. The summed E-state index contributed by atoms with van der Waals surface area (Å²) in [5, 5.41) is 11.3. The van der Waals surface area contributed by atoms with E-state index in [9.17, 15) is 13.6 Å². The van der Waals surface area contributed by atoms with E-state index in [2.05, 4.69) is 25.2 Å². The van der Waals surface area contributed by atoms with Crippen LogP contribution in [0, 0.1) is 0 Å². The van der Waals surface area contributed by atoms with Crippen LogP contribution in [0.25, 0.3) is 11.4 Å². The number of aromatic nitrogens is 3. The third kappa shape index (κ3) is 5.28. The minimum atomic E-state index is -2.89. The number of alkyl halides is 2. The van der Waals surface area contributed by atoms with E-state index in [4.69, 9.17) is 5.84 Å². The van der Waals surface area contributed by atoms with Crippen molar-refractivity contribution in [2.75, 3.05) is 34.9 Å². The quantitative estimate of drug-likeness (QED) is 0.392. The summed E-state index contributed by atoms with van der Waals surface area (Å²) in [4.78, 5) is 14.7. The molecule has 0 bridgehead atoms. The minimum Gasteiger partial charge on any atom is -0.435 e. The van der Waals surface area contributed by atoms with Gasteiger partial charge in [-0.1, -0.05) is 11.8 Å². The second-order valence-corrected chi connectivity index (χ2v) is 8.10. The molecular weight excluding hydrogens is 438 g/mol. The molecule has 168 valence electrons. The van der Waals surface area contributed by atoms with E-state index in [1.807, 2.05) is 24.3 Å². The van der Waals surface area contributed by atoms with Gasteiger partial charge in [0.15, 0.2) is 5.82 Å². The first-order valence-corrected chi connectivity index (χ1v) is 11.0. The molecule has 8 nitrogen and oxygen atoms in total. The predicted octanol–water partition coefficient (Wildman–Crippen LogP) is 3.59. The van der Waals surface area contributed by atoms with Crippen LogP contribution < -0.4 is 20.8 Å². The van der Waals surface area contributed by atoms with Gasteiger partial charge in [-0.15, -0.1) is 10.2 Å². The van der Waals surface area contributed by atoms with E-state index < -0.39 is 6.61 Å². The molecule has 32 heavy (non-hydrogen) atoms. The van der Waals surface area contributed by atoms with E-state index in [0.717, 1.165) is 36.2 Å². The maximum absolute atomic E-state index is 12.3. The lowest BCUT2D eigenvalue weighted by Gasteiger charge is -2.17. The summed E-state index contributed by atoms with van der Waals surface area (Å²) in [5.74, 6) is 6.34. The lowest BCUT2D eigenvalue weighted by Crippen LogP contribution is -2.18. The average molecular weight is 461 g/mol. The number of nitrogens with zero attached hydrogens (tertiary/aromatic N) is 4. The Labute approximate surface area is 187 Å². The van der Waals surface area contributed by atoms with E-state index in [1.54, 1.807) is 12.1 Å². The second kappa shape index (κ2) is 9.86. The largest absolute Gasteiger partial charge is 0.435 e. The highest BCUT2D eigenvalue weighted by Gasteiger charge is 2.15. The molecule has 1 aromatic heterocycles. The molecule has 0 unspecified atom stereocenters. The molecule has 3 N–H and O–H groups in total. The second-order valence-electron chi connectivity index (χ2n) is 7.16. The molecule has 3 aromatic rings. The van der Waals surface area contributed by atoms with E-state index in [0.29, 0.717) is 16.5 Å². The summed E-state index contributed by atoms with van der Waals surface area (Å²) in [6.07, 6.45) is 2.42. The lowest BCUT2D eigenvalue weighted by atomic mass is 10.2. The van der Waals surface area contributed by atoms with Crippen molar-refractivity contribution in [2.45, 2.75) is 24.6 Å². The van der Waals surface area contributed by atoms with Crippen molar-refractivity contribution >= 4 is 29.0 Å². The number of nitrogen functional groups attached to an aromatic ring is 1. The number of anilines is 2. The van der Waals surface area contributed by atoms with Gasteiger partial charge in [0.2, 0.25) is 11.1 Å². The summed E-state index contributed by atoms with van der Waals surface area (Å²) in [5.41, 5.74) is 2.46. The zero-order valence-corrected chi connectivity index (χ0v) is 17.9. The Bertz CT molecular complexity index is 1050. The highest BCUT2D eigenvalue weighted by atomic mass is 32.2. The van der Waals surface area contributed by atoms with Crippen molar-refractivity contribution in [1.82, 2.24) is 14.9 Å². The highest BCUT2D eigenvalue weighted by Crippen LogP contribution is 2.25. The fourth-order valence-corrected chi connectivity index (χ4v) is 4.07. The number of carbonyl (C=O) groups excluding carboxylic acids is 1. The van der Waals surface area contributed by atoms with Gasteiger partial charge in [0.1, 0.15) is 5.75 Å². The molecule has 1 saturated heterocycles. The van der Waals surface area contributed by atoms with Crippen LogP contribution in [0.2, 0.25) is 0 Å². The van der Waals surface area contributed by atoms with Gasteiger partial charge in [0.25, 0.3) is 0 Å². The topological polar surface area (TPSA) is 98.3 Å². The van der Waals surface area contributed by atoms with Gasteiger partial charge < -0.3 is 20.8 Å². The number of rotatable bonds is 8. The number of amides is 1. The molecule has 4 rings (SSSR count). The summed E-state index contributed by atoms with van der Waals surface area (Å²) < 4.78 is 30.1. The monoisotopic (exact) mass is 460 g/mol. The van der Waals surface area contributed by atoms with Crippen LogP contribution in [0.3, 0.4) is 0 Å². The van der Waals surface area contributed by atoms with E-state index in [-0.39, 0.29) is 17.4 Å². The summed E-state index contributed by atoms with van der Waals surface area (Å²) in [6.45, 7) is -0.758. The van der Waals surface area contributed by atoms with Crippen LogP contribution in [0.15, 0.2) is 53.7 Å². The molecule has 0 atom stereocenters. The van der Waals surface area contributed by atoms with Crippen LogP contribution in [0.5, 0.6) is 5.75 Å². The lowest BCUT2D eigenvalue weighted by molar-refractivity contribution is -0.113. The normalized spacial score (nSPS) is 13.5. The molecule has 11 heteroatoms. The molecule has 1 aliphatic rings. The number of hydrogen-bond acceptors (Lipinski definition) is 7. The Kier molecular flexibility index (Phi) is 6.74. The Balaban J connectivity index is 1.32. The Morgan fingerprint density at radius 3 is 2.44 bits per heavy atom. The summed E-state index contributed by atoms with van der Waals surface area (Å²) in [7, 11) is 0. The maximum Gasteiger partial charge on any atom is 0.387 e. The van der Waals surface area contributed by atoms with Gasteiger partial charge in [-0.3, -0.25) is 4.79 Å². The van der Waals surface area contributed by atoms with Crippen molar-refractivity contribution in [3.05, 3.63) is 48.5 Å². The van der Waals surface area contributed by atoms with Crippen LogP contribution in [-0.4, -0.2) is 46.2 Å². The first-order valence-electron chi connectivity index (χ1n) is 10.0. The van der Waals surface area contributed by atoms with E-state index >= 15 is 0 Å².